The zero-order valence-electron chi connectivity index (χ0n) is 15.0. The minimum atomic E-state index is -0.571. The maximum absolute atomic E-state index is 12.1. The summed E-state index contributed by atoms with van der Waals surface area (Å²) in [6.07, 6.45) is 5.39. The molecule has 0 aliphatic carbocycles. The van der Waals surface area contributed by atoms with Crippen LogP contribution in [0.25, 0.3) is 11.3 Å². The number of amides is 1. The highest BCUT2D eigenvalue weighted by Crippen LogP contribution is 2.31. The molecule has 8 nitrogen and oxygen atoms in total. The molecule has 4 rings (SSSR count). The minimum absolute atomic E-state index is 0.164. The zero-order chi connectivity index (χ0) is 18.8. The summed E-state index contributed by atoms with van der Waals surface area (Å²) >= 11 is 0. The molecule has 1 aliphatic heterocycles. The Morgan fingerprint density at radius 1 is 1.22 bits per heavy atom. The fraction of sp³-hybridized carbons (Fsp3) is 0.316. The second kappa shape index (κ2) is 7.24. The van der Waals surface area contributed by atoms with Crippen molar-refractivity contribution >= 4 is 11.7 Å². The van der Waals surface area contributed by atoms with E-state index in [2.05, 4.69) is 15.5 Å². The quantitative estimate of drug-likeness (QED) is 0.632. The number of carbonyl (C=O) groups excluding carboxylic acids is 1. The van der Waals surface area contributed by atoms with Crippen LogP contribution in [0.1, 0.15) is 34.8 Å². The highest BCUT2D eigenvalue weighted by Gasteiger charge is 2.26. The van der Waals surface area contributed by atoms with Gasteiger partial charge in [0.1, 0.15) is 17.1 Å². The number of aromatic nitrogens is 4. The van der Waals surface area contributed by atoms with Gasteiger partial charge in [-0.05, 0) is 31.5 Å². The lowest BCUT2D eigenvalue weighted by atomic mass is 10.1. The van der Waals surface area contributed by atoms with E-state index in [9.17, 15) is 4.79 Å². The van der Waals surface area contributed by atoms with Crippen LogP contribution in [0.4, 0.5) is 5.82 Å². The van der Waals surface area contributed by atoms with Gasteiger partial charge < -0.3 is 16.8 Å². The molecule has 8 heteroatoms. The van der Waals surface area contributed by atoms with Gasteiger partial charge in [0.2, 0.25) is 0 Å². The van der Waals surface area contributed by atoms with Gasteiger partial charge in [-0.25, -0.2) is 4.68 Å². The van der Waals surface area contributed by atoms with Gasteiger partial charge in [-0.15, -0.1) is 0 Å². The summed E-state index contributed by atoms with van der Waals surface area (Å²) in [7, 11) is 0. The topological polar surface area (TPSA) is 117 Å². The molecule has 1 aromatic carbocycles. The van der Waals surface area contributed by atoms with Crippen molar-refractivity contribution in [3.8, 4) is 11.3 Å². The lowest BCUT2D eigenvalue weighted by molar-refractivity contribution is 0.100. The first-order valence-corrected chi connectivity index (χ1v) is 9.08. The lowest BCUT2D eigenvalue weighted by Crippen LogP contribution is -2.30. The number of carbonyl (C=O) groups is 1. The first-order valence-electron chi connectivity index (χ1n) is 9.08. The molecule has 0 atom stereocenters. The molecule has 5 N–H and O–H groups in total. The van der Waals surface area contributed by atoms with Crippen molar-refractivity contribution in [2.75, 3.05) is 18.8 Å². The summed E-state index contributed by atoms with van der Waals surface area (Å²) in [5, 5.41) is 12.4. The molecule has 1 aliphatic rings. The largest absolute Gasteiger partial charge is 0.383 e. The molecule has 2 aromatic heterocycles. The monoisotopic (exact) mass is 365 g/mol. The van der Waals surface area contributed by atoms with Crippen molar-refractivity contribution in [3.63, 3.8) is 0 Å². The molecule has 1 amide bonds. The predicted octanol–water partition coefficient (Wildman–Crippen LogP) is 1.40. The number of benzene rings is 1. The predicted molar refractivity (Wildman–Crippen MR) is 103 cm³/mol. The molecular weight excluding hydrogens is 342 g/mol. The van der Waals surface area contributed by atoms with Crippen LogP contribution in [0, 0.1) is 0 Å². The van der Waals surface area contributed by atoms with Gasteiger partial charge in [0.05, 0.1) is 18.8 Å². The number of nitrogen functional groups attached to an aromatic ring is 1. The van der Waals surface area contributed by atoms with E-state index in [0.717, 1.165) is 37.1 Å². The third kappa shape index (κ3) is 3.43. The van der Waals surface area contributed by atoms with Crippen LogP contribution in [0.2, 0.25) is 0 Å². The third-order valence-electron chi connectivity index (χ3n) is 4.94. The van der Waals surface area contributed by atoms with E-state index >= 15 is 0 Å². The number of piperidine rings is 1. The van der Waals surface area contributed by atoms with E-state index in [0.29, 0.717) is 18.1 Å². The van der Waals surface area contributed by atoms with Gasteiger partial charge in [0.15, 0.2) is 0 Å². The van der Waals surface area contributed by atoms with Crippen LogP contribution in [0.15, 0.2) is 42.7 Å². The first-order chi connectivity index (χ1) is 13.1. The molecule has 3 aromatic rings. The molecule has 1 saturated heterocycles. The Bertz CT molecular complexity index is 938. The average Bonchev–Trinajstić information content (AvgIpc) is 3.27. The van der Waals surface area contributed by atoms with Gasteiger partial charge in [0.25, 0.3) is 5.91 Å². The Hall–Kier alpha value is -3.13. The van der Waals surface area contributed by atoms with E-state index < -0.39 is 5.91 Å². The summed E-state index contributed by atoms with van der Waals surface area (Å²) in [6, 6.07) is 10.2. The van der Waals surface area contributed by atoms with E-state index in [1.807, 2.05) is 41.2 Å². The Morgan fingerprint density at radius 3 is 2.67 bits per heavy atom. The summed E-state index contributed by atoms with van der Waals surface area (Å²) in [4.78, 5) is 12.1. The lowest BCUT2D eigenvalue weighted by Gasteiger charge is -2.23. The summed E-state index contributed by atoms with van der Waals surface area (Å²) in [6.45, 7) is 2.44. The van der Waals surface area contributed by atoms with E-state index in [1.54, 1.807) is 10.9 Å². The number of nitrogens with one attached hydrogen (secondary N) is 1. The fourth-order valence-corrected chi connectivity index (χ4v) is 3.56. The minimum Gasteiger partial charge on any atom is -0.383 e. The average molecular weight is 365 g/mol. The first kappa shape index (κ1) is 17.3. The molecule has 0 unspecified atom stereocenters. The number of primary amides is 1. The van der Waals surface area contributed by atoms with Crippen LogP contribution < -0.4 is 16.8 Å². The highest BCUT2D eigenvalue weighted by molar-refractivity contribution is 6.03. The highest BCUT2D eigenvalue weighted by atomic mass is 16.1. The summed E-state index contributed by atoms with van der Waals surface area (Å²) < 4.78 is 3.57. The van der Waals surface area contributed by atoms with Crippen LogP contribution in [0.3, 0.4) is 0 Å². The number of nitrogens with two attached hydrogens (primary N) is 2. The van der Waals surface area contributed by atoms with Crippen molar-refractivity contribution in [3.05, 3.63) is 53.9 Å². The molecule has 0 radical (unpaired) electrons. The van der Waals surface area contributed by atoms with Crippen molar-refractivity contribution in [2.45, 2.75) is 25.4 Å². The van der Waals surface area contributed by atoms with Crippen LogP contribution in [-0.2, 0) is 6.54 Å². The smallest absolute Gasteiger partial charge is 0.254 e. The third-order valence-corrected chi connectivity index (χ3v) is 4.94. The molecule has 3 heterocycles. The molecule has 0 bridgehead atoms. The van der Waals surface area contributed by atoms with Crippen molar-refractivity contribution < 1.29 is 4.79 Å². The van der Waals surface area contributed by atoms with Gasteiger partial charge in [-0.2, -0.15) is 10.2 Å². The van der Waals surface area contributed by atoms with Gasteiger partial charge >= 0.3 is 0 Å². The summed E-state index contributed by atoms with van der Waals surface area (Å²) in [5.74, 6) is -0.237. The SMILES string of the molecule is NC(=O)c1c(-c2cnn(Cc3ccccc3)c2)nn(C2CCNCC2)c1N. The Morgan fingerprint density at radius 2 is 1.96 bits per heavy atom. The van der Waals surface area contributed by atoms with E-state index in [-0.39, 0.29) is 11.6 Å². The van der Waals surface area contributed by atoms with Gasteiger partial charge in [-0.1, -0.05) is 30.3 Å². The zero-order valence-corrected chi connectivity index (χ0v) is 15.0. The molecule has 140 valence electrons. The van der Waals surface area contributed by atoms with Crippen LogP contribution >= 0.6 is 0 Å². The second-order valence-corrected chi connectivity index (χ2v) is 6.81. The Balaban J connectivity index is 1.67. The van der Waals surface area contributed by atoms with Crippen LogP contribution in [0.5, 0.6) is 0 Å². The number of rotatable bonds is 5. The fourth-order valence-electron chi connectivity index (χ4n) is 3.56. The van der Waals surface area contributed by atoms with Crippen molar-refractivity contribution in [1.82, 2.24) is 24.9 Å². The maximum atomic E-state index is 12.1. The second-order valence-electron chi connectivity index (χ2n) is 6.81. The Kier molecular flexibility index (Phi) is 4.64. The molecule has 0 saturated carbocycles. The van der Waals surface area contributed by atoms with E-state index in [1.165, 1.54) is 0 Å². The normalized spacial score (nSPS) is 15.1. The molecule has 27 heavy (non-hydrogen) atoms. The standard InChI is InChI=1S/C19H23N7O/c20-18-16(19(21)27)17(24-26(18)15-6-8-22-9-7-15)14-10-23-25(12-14)11-13-4-2-1-3-5-13/h1-5,10,12,15,22H,6-9,11,20H2,(H2,21,27). The van der Waals surface area contributed by atoms with Crippen molar-refractivity contribution in [1.29, 1.82) is 0 Å². The number of hydrogen-bond donors (Lipinski definition) is 3. The molecular formula is C19H23N7O. The van der Waals surface area contributed by atoms with Crippen LogP contribution in [-0.4, -0.2) is 38.6 Å². The number of hydrogen-bond acceptors (Lipinski definition) is 5. The molecule has 1 fully saturated rings. The van der Waals surface area contributed by atoms with Gasteiger partial charge in [-0.3, -0.25) is 9.48 Å². The van der Waals surface area contributed by atoms with Gasteiger partial charge in [0, 0.05) is 11.8 Å². The van der Waals surface area contributed by atoms with Crippen molar-refractivity contribution in [2.24, 2.45) is 5.73 Å². The van der Waals surface area contributed by atoms with E-state index in [4.69, 9.17) is 11.5 Å². The summed E-state index contributed by atoms with van der Waals surface area (Å²) in [5.41, 5.74) is 14.5. The maximum Gasteiger partial charge on any atom is 0.254 e. The Labute approximate surface area is 157 Å². The molecule has 0 spiro atoms. The number of nitrogens with zero attached hydrogens (tertiary/aromatic N) is 4. The number of anilines is 1.